The molecular weight excluding hydrogens is 341 g/mol. The van der Waals surface area contributed by atoms with Crippen LogP contribution < -0.4 is 4.90 Å². The summed E-state index contributed by atoms with van der Waals surface area (Å²) in [6.45, 7) is 3.11. The van der Waals surface area contributed by atoms with Crippen molar-refractivity contribution >= 4 is 23.3 Å². The van der Waals surface area contributed by atoms with Crippen LogP contribution in [0.25, 0.3) is 0 Å². The molecule has 0 aromatic heterocycles. The number of nitro benzene ring substituents is 1. The van der Waals surface area contributed by atoms with E-state index >= 15 is 0 Å². The molecule has 1 heterocycles. The summed E-state index contributed by atoms with van der Waals surface area (Å²) in [6, 6.07) is 8.55. The number of hydrogen-bond acceptors (Lipinski definition) is 4. The molecule has 2 aromatic rings. The van der Waals surface area contributed by atoms with Gasteiger partial charge in [-0.05, 0) is 43.7 Å². The first-order chi connectivity index (χ1) is 12.3. The summed E-state index contributed by atoms with van der Waals surface area (Å²) in [5, 5.41) is 11.1. The van der Waals surface area contributed by atoms with Gasteiger partial charge < -0.3 is 0 Å². The van der Waals surface area contributed by atoms with Gasteiger partial charge in [0.15, 0.2) is 0 Å². The van der Waals surface area contributed by atoms with E-state index in [1.54, 1.807) is 19.9 Å². The lowest BCUT2D eigenvalue weighted by atomic mass is 10.1. The molecule has 26 heavy (non-hydrogen) atoms. The first-order valence-corrected chi connectivity index (χ1v) is 7.94. The highest BCUT2D eigenvalue weighted by Crippen LogP contribution is 2.29. The molecule has 1 atom stereocenters. The van der Waals surface area contributed by atoms with Gasteiger partial charge in [0.1, 0.15) is 11.9 Å². The van der Waals surface area contributed by atoms with E-state index in [1.807, 2.05) is 0 Å². The summed E-state index contributed by atoms with van der Waals surface area (Å²) in [6.07, 6.45) is 0. The molecule has 0 N–H and O–H groups in total. The number of rotatable bonds is 4. The van der Waals surface area contributed by atoms with E-state index in [0.29, 0.717) is 16.8 Å². The molecule has 7 nitrogen and oxygen atoms in total. The Morgan fingerprint density at radius 1 is 1.15 bits per heavy atom. The van der Waals surface area contributed by atoms with Crippen LogP contribution in [0.15, 0.2) is 42.5 Å². The molecule has 0 bridgehead atoms. The molecule has 0 spiro atoms. The number of nitrogens with zero attached hydrogens (tertiary/aromatic N) is 3. The van der Waals surface area contributed by atoms with E-state index in [4.69, 9.17) is 0 Å². The summed E-state index contributed by atoms with van der Waals surface area (Å²) >= 11 is 0. The molecular formula is C18H16FN3O4. The monoisotopic (exact) mass is 357 g/mol. The summed E-state index contributed by atoms with van der Waals surface area (Å²) in [7, 11) is 0. The minimum Gasteiger partial charge on any atom is -0.282 e. The van der Waals surface area contributed by atoms with Crippen molar-refractivity contribution in [1.29, 1.82) is 0 Å². The highest BCUT2D eigenvalue weighted by atomic mass is 19.1. The molecule has 1 saturated heterocycles. The van der Waals surface area contributed by atoms with E-state index < -0.39 is 28.7 Å². The number of carbonyl (C=O) groups excluding carboxylic acids is 2. The van der Waals surface area contributed by atoms with Crippen LogP contribution in [0, 0.1) is 22.9 Å². The Morgan fingerprint density at radius 2 is 1.81 bits per heavy atom. The van der Waals surface area contributed by atoms with Gasteiger partial charge in [0.25, 0.3) is 11.6 Å². The molecule has 3 rings (SSSR count). The van der Waals surface area contributed by atoms with E-state index in [9.17, 15) is 24.1 Å². The predicted octanol–water partition coefficient (Wildman–Crippen LogP) is 3.40. The molecule has 134 valence electrons. The SMILES string of the molecule is Cc1c(CN2C(=O)[C@H](C)N(c3ccc(F)cc3)C2=O)cccc1[N+](=O)[O-]. The van der Waals surface area contributed by atoms with Crippen LogP contribution in [0.4, 0.5) is 20.6 Å². The number of nitro groups is 1. The Balaban J connectivity index is 1.91. The number of benzene rings is 2. The van der Waals surface area contributed by atoms with E-state index in [-0.39, 0.29) is 12.2 Å². The van der Waals surface area contributed by atoms with E-state index in [1.165, 1.54) is 41.3 Å². The van der Waals surface area contributed by atoms with Crippen molar-refractivity contribution in [3.05, 3.63) is 69.5 Å². The van der Waals surface area contributed by atoms with Crippen molar-refractivity contribution in [3.8, 4) is 0 Å². The zero-order valence-electron chi connectivity index (χ0n) is 14.2. The van der Waals surface area contributed by atoms with Crippen LogP contribution >= 0.6 is 0 Å². The highest BCUT2D eigenvalue weighted by Gasteiger charge is 2.43. The molecule has 1 aliphatic rings. The Kier molecular flexibility index (Phi) is 4.41. The third-order valence-electron chi connectivity index (χ3n) is 4.50. The first kappa shape index (κ1) is 17.5. The second-order valence-corrected chi connectivity index (χ2v) is 6.05. The Bertz CT molecular complexity index is 898. The van der Waals surface area contributed by atoms with Crippen molar-refractivity contribution in [2.45, 2.75) is 26.4 Å². The minimum atomic E-state index is -0.744. The average molecular weight is 357 g/mol. The maximum atomic E-state index is 13.1. The molecule has 0 saturated carbocycles. The molecule has 0 radical (unpaired) electrons. The number of carbonyl (C=O) groups is 2. The smallest absolute Gasteiger partial charge is 0.282 e. The maximum Gasteiger partial charge on any atom is 0.332 e. The van der Waals surface area contributed by atoms with Crippen LogP contribution in [0.2, 0.25) is 0 Å². The van der Waals surface area contributed by atoms with Crippen molar-refractivity contribution in [3.63, 3.8) is 0 Å². The molecule has 1 aliphatic heterocycles. The molecule has 1 fully saturated rings. The third kappa shape index (κ3) is 2.90. The van der Waals surface area contributed by atoms with E-state index in [0.717, 1.165) is 4.90 Å². The Labute approximate surface area is 148 Å². The average Bonchev–Trinajstić information content (AvgIpc) is 2.81. The number of imide groups is 1. The lowest BCUT2D eigenvalue weighted by Crippen LogP contribution is -2.33. The van der Waals surface area contributed by atoms with Crippen LogP contribution in [-0.2, 0) is 11.3 Å². The van der Waals surface area contributed by atoms with Gasteiger partial charge in [-0.3, -0.25) is 24.7 Å². The second-order valence-electron chi connectivity index (χ2n) is 6.05. The number of halogens is 1. The summed E-state index contributed by atoms with van der Waals surface area (Å²) in [5.41, 5.74) is 1.28. The van der Waals surface area contributed by atoms with E-state index in [2.05, 4.69) is 0 Å². The maximum absolute atomic E-state index is 13.1. The van der Waals surface area contributed by atoms with Crippen molar-refractivity contribution in [1.82, 2.24) is 4.90 Å². The highest BCUT2D eigenvalue weighted by molar-refractivity contribution is 6.14. The fourth-order valence-electron chi connectivity index (χ4n) is 3.02. The fourth-order valence-corrected chi connectivity index (χ4v) is 3.02. The van der Waals surface area contributed by atoms with Crippen molar-refractivity contribution < 1.29 is 18.9 Å². The Hall–Kier alpha value is -3.29. The zero-order valence-corrected chi connectivity index (χ0v) is 14.2. The van der Waals surface area contributed by atoms with Crippen LogP contribution in [-0.4, -0.2) is 27.8 Å². The van der Waals surface area contributed by atoms with Crippen molar-refractivity contribution in [2.75, 3.05) is 4.90 Å². The van der Waals surface area contributed by atoms with Gasteiger partial charge in [-0.1, -0.05) is 12.1 Å². The third-order valence-corrected chi connectivity index (χ3v) is 4.50. The minimum absolute atomic E-state index is 0.0623. The molecule has 3 amide bonds. The van der Waals surface area contributed by atoms with Gasteiger partial charge in [-0.15, -0.1) is 0 Å². The quantitative estimate of drug-likeness (QED) is 0.477. The Morgan fingerprint density at radius 3 is 2.42 bits per heavy atom. The van der Waals surface area contributed by atoms with Gasteiger partial charge in [-0.2, -0.15) is 0 Å². The van der Waals surface area contributed by atoms with Gasteiger partial charge in [0.2, 0.25) is 0 Å². The molecule has 0 unspecified atom stereocenters. The molecule has 2 aromatic carbocycles. The van der Waals surface area contributed by atoms with Gasteiger partial charge in [0, 0.05) is 17.3 Å². The van der Waals surface area contributed by atoms with Gasteiger partial charge in [0.05, 0.1) is 11.5 Å². The zero-order chi connectivity index (χ0) is 19.0. The topological polar surface area (TPSA) is 83.8 Å². The van der Waals surface area contributed by atoms with Crippen molar-refractivity contribution in [2.24, 2.45) is 0 Å². The summed E-state index contributed by atoms with van der Waals surface area (Å²) in [5.74, 6) is -0.853. The van der Waals surface area contributed by atoms with Crippen LogP contribution in [0.1, 0.15) is 18.1 Å². The number of urea groups is 1. The predicted molar refractivity (Wildman–Crippen MR) is 92.1 cm³/mol. The standard InChI is InChI=1S/C18H16FN3O4/c1-11-13(4-3-5-16(11)22(25)26)10-20-17(23)12(2)21(18(20)24)15-8-6-14(19)7-9-15/h3-9,12H,10H2,1-2H3/t12-/m0/s1. The largest absolute Gasteiger partial charge is 0.332 e. The van der Waals surface area contributed by atoms with Gasteiger partial charge >= 0.3 is 6.03 Å². The first-order valence-electron chi connectivity index (χ1n) is 7.94. The number of anilines is 1. The fraction of sp³-hybridized carbons (Fsp3) is 0.222. The normalized spacial score (nSPS) is 17.1. The van der Waals surface area contributed by atoms with Crippen LogP contribution in [0.5, 0.6) is 0 Å². The van der Waals surface area contributed by atoms with Gasteiger partial charge in [-0.25, -0.2) is 9.18 Å². The summed E-state index contributed by atoms with van der Waals surface area (Å²) < 4.78 is 13.1. The number of hydrogen-bond donors (Lipinski definition) is 0. The lowest BCUT2D eigenvalue weighted by molar-refractivity contribution is -0.385. The second kappa shape index (κ2) is 6.55. The molecule has 0 aliphatic carbocycles. The number of amides is 3. The summed E-state index contributed by atoms with van der Waals surface area (Å²) in [4.78, 5) is 38.2. The lowest BCUT2D eigenvalue weighted by Gasteiger charge is -2.19. The van der Waals surface area contributed by atoms with Crippen LogP contribution in [0.3, 0.4) is 0 Å². The molecule has 8 heteroatoms.